The molecular weight excluding hydrogens is 497 g/mol. The summed E-state index contributed by atoms with van der Waals surface area (Å²) in [5, 5.41) is 3.40. The molecule has 0 aliphatic carbocycles. The van der Waals surface area contributed by atoms with Gasteiger partial charge in [0.05, 0.1) is 11.7 Å². The molecule has 2 saturated heterocycles. The average Bonchev–Trinajstić information content (AvgIpc) is 3.26. The van der Waals surface area contributed by atoms with Crippen molar-refractivity contribution in [3.8, 4) is 17.2 Å². The zero-order chi connectivity index (χ0) is 26.8. The molecule has 2 aromatic carbocycles. The van der Waals surface area contributed by atoms with Gasteiger partial charge in [-0.05, 0) is 87.6 Å². The van der Waals surface area contributed by atoms with E-state index in [1.54, 1.807) is 24.3 Å². The van der Waals surface area contributed by atoms with Crippen LogP contribution in [-0.4, -0.2) is 62.9 Å². The number of benzene rings is 2. The number of anilines is 1. The molecule has 0 spiro atoms. The molecule has 2 aliphatic heterocycles. The number of nitrogens with zero attached hydrogens (tertiary/aromatic N) is 5. The monoisotopic (exact) mass is 531 g/mol. The van der Waals surface area contributed by atoms with Crippen molar-refractivity contribution in [3.05, 3.63) is 71.4 Å². The number of ether oxygens (including phenoxy) is 1. The van der Waals surface area contributed by atoms with E-state index in [-0.39, 0.29) is 11.5 Å². The number of piperidine rings is 2. The van der Waals surface area contributed by atoms with Crippen LogP contribution in [0.4, 0.5) is 10.2 Å². The molecule has 0 amide bonds. The fourth-order valence-corrected chi connectivity index (χ4v) is 5.88. The number of nitrogen functional groups attached to an aromatic ring is 1. The van der Waals surface area contributed by atoms with E-state index in [0.717, 1.165) is 32.6 Å². The second-order valence-electron chi connectivity index (χ2n) is 10.5. The van der Waals surface area contributed by atoms with Crippen molar-refractivity contribution in [3.63, 3.8) is 0 Å². The van der Waals surface area contributed by atoms with Gasteiger partial charge >= 0.3 is 5.69 Å². The molecule has 6 rings (SSSR count). The number of fused-ring (bicyclic) bond motifs is 1. The maximum atomic E-state index is 15.7. The van der Waals surface area contributed by atoms with Gasteiger partial charge in [-0.2, -0.15) is 0 Å². The highest BCUT2D eigenvalue weighted by atomic mass is 19.1. The Morgan fingerprint density at radius 1 is 1.00 bits per heavy atom. The molecule has 2 fully saturated rings. The summed E-state index contributed by atoms with van der Waals surface area (Å²) in [6, 6.07) is 16.0. The molecular formula is C29H34FN7O2. The molecule has 2 aromatic heterocycles. The van der Waals surface area contributed by atoms with Crippen LogP contribution in [0.25, 0.3) is 16.9 Å². The predicted octanol–water partition coefficient (Wildman–Crippen LogP) is 3.93. The standard InChI is InChI=1S/C29H34FN7O2/c30-24-18-35(16-12-20-10-14-32-15-11-20)17-13-25(24)37-28-26(27(31)33-19-34-28)36(29(37)38)21-6-8-23(9-7-21)39-22-4-2-1-3-5-22/h1-9,19-20,24-25,32H,10-18H2,(H2,31,33,34)/t24-,25-/m0/s1. The minimum absolute atomic E-state index is 0.176. The first-order valence-electron chi connectivity index (χ1n) is 13.7. The molecule has 9 nitrogen and oxygen atoms in total. The van der Waals surface area contributed by atoms with Crippen molar-refractivity contribution < 1.29 is 9.13 Å². The van der Waals surface area contributed by atoms with Gasteiger partial charge in [0, 0.05) is 13.1 Å². The molecule has 2 aliphatic rings. The lowest BCUT2D eigenvalue weighted by Crippen LogP contribution is -2.45. The molecule has 10 heteroatoms. The number of hydrogen-bond donors (Lipinski definition) is 2. The first-order chi connectivity index (χ1) is 19.1. The summed E-state index contributed by atoms with van der Waals surface area (Å²) < 4.78 is 24.6. The third-order valence-corrected chi connectivity index (χ3v) is 7.99. The number of imidazole rings is 1. The number of nitrogens with two attached hydrogens (primary N) is 1. The van der Waals surface area contributed by atoms with E-state index in [1.807, 2.05) is 30.3 Å². The van der Waals surface area contributed by atoms with Gasteiger partial charge < -0.3 is 20.7 Å². The van der Waals surface area contributed by atoms with E-state index >= 15 is 4.39 Å². The van der Waals surface area contributed by atoms with Gasteiger partial charge in [0.15, 0.2) is 11.5 Å². The van der Waals surface area contributed by atoms with E-state index < -0.39 is 12.2 Å². The summed E-state index contributed by atoms with van der Waals surface area (Å²) in [6.07, 6.45) is 4.12. The largest absolute Gasteiger partial charge is 0.457 e. The van der Waals surface area contributed by atoms with Gasteiger partial charge in [-0.25, -0.2) is 19.2 Å². The highest BCUT2D eigenvalue weighted by Gasteiger charge is 2.34. The van der Waals surface area contributed by atoms with E-state index in [9.17, 15) is 4.79 Å². The summed E-state index contributed by atoms with van der Waals surface area (Å²) in [5.74, 6) is 2.22. The van der Waals surface area contributed by atoms with Gasteiger partial charge in [-0.3, -0.25) is 9.13 Å². The van der Waals surface area contributed by atoms with Crippen LogP contribution < -0.4 is 21.5 Å². The minimum atomic E-state index is -1.19. The van der Waals surface area contributed by atoms with Crippen LogP contribution >= 0.6 is 0 Å². The van der Waals surface area contributed by atoms with E-state index in [0.29, 0.717) is 47.2 Å². The minimum Gasteiger partial charge on any atom is -0.457 e. The first-order valence-corrected chi connectivity index (χ1v) is 13.7. The molecule has 4 aromatic rings. The second kappa shape index (κ2) is 11.2. The highest BCUT2D eigenvalue weighted by Crippen LogP contribution is 2.31. The van der Waals surface area contributed by atoms with Crippen LogP contribution in [0.15, 0.2) is 65.7 Å². The van der Waals surface area contributed by atoms with Crippen molar-refractivity contribution in [1.82, 2.24) is 29.3 Å². The van der Waals surface area contributed by atoms with Crippen molar-refractivity contribution in [2.24, 2.45) is 5.92 Å². The van der Waals surface area contributed by atoms with Crippen LogP contribution in [0.1, 0.15) is 31.7 Å². The lowest BCUT2D eigenvalue weighted by atomic mass is 9.94. The maximum Gasteiger partial charge on any atom is 0.335 e. The number of para-hydroxylation sites is 1. The zero-order valence-corrected chi connectivity index (χ0v) is 21.9. The van der Waals surface area contributed by atoms with Gasteiger partial charge in [0.1, 0.15) is 29.5 Å². The molecule has 39 heavy (non-hydrogen) atoms. The molecule has 0 radical (unpaired) electrons. The molecule has 3 N–H and O–H groups in total. The van der Waals surface area contributed by atoms with E-state index in [4.69, 9.17) is 10.5 Å². The third-order valence-electron chi connectivity index (χ3n) is 7.99. The van der Waals surface area contributed by atoms with Crippen LogP contribution in [0.2, 0.25) is 0 Å². The number of halogens is 1. The van der Waals surface area contributed by atoms with Crippen molar-refractivity contribution >= 4 is 17.0 Å². The van der Waals surface area contributed by atoms with Crippen LogP contribution in [0.5, 0.6) is 11.5 Å². The Hall–Kier alpha value is -3.76. The number of nitrogens with one attached hydrogen (secondary N) is 1. The Morgan fingerprint density at radius 3 is 2.49 bits per heavy atom. The van der Waals surface area contributed by atoms with Gasteiger partial charge in [-0.15, -0.1) is 0 Å². The zero-order valence-electron chi connectivity index (χ0n) is 21.9. The molecule has 4 heterocycles. The van der Waals surface area contributed by atoms with Crippen molar-refractivity contribution in [1.29, 1.82) is 0 Å². The van der Waals surface area contributed by atoms with Gasteiger partial charge in [0.25, 0.3) is 0 Å². The van der Waals surface area contributed by atoms with Crippen molar-refractivity contribution in [2.75, 3.05) is 38.5 Å². The fraction of sp³-hybridized carbons (Fsp3) is 0.414. The highest BCUT2D eigenvalue weighted by molar-refractivity contribution is 5.84. The van der Waals surface area contributed by atoms with Gasteiger partial charge in [0.2, 0.25) is 0 Å². The van der Waals surface area contributed by atoms with E-state index in [1.165, 1.54) is 28.3 Å². The molecule has 2 atom stereocenters. The summed E-state index contributed by atoms with van der Waals surface area (Å²) >= 11 is 0. The predicted molar refractivity (Wildman–Crippen MR) is 149 cm³/mol. The smallest absolute Gasteiger partial charge is 0.335 e. The number of aromatic nitrogens is 4. The molecule has 0 saturated carbocycles. The lowest BCUT2D eigenvalue weighted by molar-refractivity contribution is 0.0840. The number of hydrogen-bond acceptors (Lipinski definition) is 7. The summed E-state index contributed by atoms with van der Waals surface area (Å²) in [7, 11) is 0. The molecule has 0 bridgehead atoms. The normalized spacial score (nSPS) is 20.8. The first kappa shape index (κ1) is 25.5. The Morgan fingerprint density at radius 2 is 1.74 bits per heavy atom. The SMILES string of the molecule is Nc1ncnc2c1n(-c1ccc(Oc3ccccc3)cc1)c(=O)n2[C@H]1CCN(CCC2CCNCC2)C[C@@H]1F. The maximum absolute atomic E-state index is 15.7. The molecule has 204 valence electrons. The number of likely N-dealkylation sites (tertiary alicyclic amines) is 1. The summed E-state index contributed by atoms with van der Waals surface area (Å²) in [6.45, 7) is 4.07. The quantitative estimate of drug-likeness (QED) is 0.372. The Balaban J connectivity index is 1.25. The Kier molecular flexibility index (Phi) is 7.30. The lowest BCUT2D eigenvalue weighted by Gasteiger charge is -2.36. The van der Waals surface area contributed by atoms with Crippen molar-refractivity contribution in [2.45, 2.75) is 37.9 Å². The summed E-state index contributed by atoms with van der Waals surface area (Å²) in [5.41, 5.74) is 7.21. The fourth-order valence-electron chi connectivity index (χ4n) is 5.88. The summed E-state index contributed by atoms with van der Waals surface area (Å²) in [4.78, 5) is 24.6. The van der Waals surface area contributed by atoms with Gasteiger partial charge in [-0.1, -0.05) is 18.2 Å². The Bertz CT molecular complexity index is 1470. The Labute approximate surface area is 226 Å². The van der Waals surface area contributed by atoms with Crippen LogP contribution in [0, 0.1) is 5.92 Å². The average molecular weight is 532 g/mol. The third kappa shape index (κ3) is 5.26. The van der Waals surface area contributed by atoms with Crippen LogP contribution in [0.3, 0.4) is 0 Å². The number of alkyl halides is 1. The van der Waals surface area contributed by atoms with Crippen LogP contribution in [-0.2, 0) is 0 Å². The number of rotatable bonds is 7. The topological polar surface area (TPSA) is 103 Å². The molecule has 0 unspecified atom stereocenters. The second-order valence-corrected chi connectivity index (χ2v) is 10.5. The van der Waals surface area contributed by atoms with E-state index in [2.05, 4.69) is 20.2 Å².